The first-order valence-electron chi connectivity index (χ1n) is 9.98. The fourth-order valence-electron chi connectivity index (χ4n) is 3.59. The van der Waals surface area contributed by atoms with Gasteiger partial charge >= 0.3 is 0 Å². The fraction of sp³-hybridized carbons (Fsp3) is 0.217. The van der Waals surface area contributed by atoms with E-state index in [9.17, 15) is 9.59 Å². The second-order valence-electron chi connectivity index (χ2n) is 7.40. The van der Waals surface area contributed by atoms with Crippen molar-refractivity contribution in [3.63, 3.8) is 0 Å². The standard InChI is InChI=1S/C23H20Cl3N3O3/c1-14(30)28-8-10-29(11-9-28)20-5-3-16(13-19(20)26)27-23(31)22-7-6-21(32-22)17-12-15(24)2-4-18(17)25/h2-7,12-13H,8-11H2,1H3,(H,27,31). The van der Waals surface area contributed by atoms with Crippen LogP contribution in [0.4, 0.5) is 11.4 Å². The SMILES string of the molecule is CC(=O)N1CCN(c2ccc(NC(=O)c3ccc(-c4cc(Cl)ccc4Cl)o3)cc2Cl)CC1. The van der Waals surface area contributed by atoms with Gasteiger partial charge in [-0.15, -0.1) is 0 Å². The second-order valence-corrected chi connectivity index (χ2v) is 8.65. The van der Waals surface area contributed by atoms with Gasteiger partial charge in [0.05, 0.1) is 15.7 Å². The van der Waals surface area contributed by atoms with Crippen molar-refractivity contribution in [2.45, 2.75) is 6.92 Å². The predicted molar refractivity (Wildman–Crippen MR) is 128 cm³/mol. The van der Waals surface area contributed by atoms with Crippen molar-refractivity contribution >= 4 is 58.0 Å². The lowest BCUT2D eigenvalue weighted by Gasteiger charge is -2.36. The summed E-state index contributed by atoms with van der Waals surface area (Å²) in [6, 6.07) is 13.6. The zero-order valence-electron chi connectivity index (χ0n) is 17.2. The summed E-state index contributed by atoms with van der Waals surface area (Å²) in [6.07, 6.45) is 0. The normalized spacial score (nSPS) is 13.9. The summed E-state index contributed by atoms with van der Waals surface area (Å²) < 4.78 is 5.69. The van der Waals surface area contributed by atoms with E-state index < -0.39 is 5.91 Å². The number of benzene rings is 2. The number of nitrogens with zero attached hydrogens (tertiary/aromatic N) is 2. The Morgan fingerprint density at radius 3 is 2.34 bits per heavy atom. The summed E-state index contributed by atoms with van der Waals surface area (Å²) in [5, 5.41) is 4.30. The molecule has 6 nitrogen and oxygen atoms in total. The fourth-order valence-corrected chi connectivity index (χ4v) is 4.27. The number of rotatable bonds is 4. The molecule has 0 bridgehead atoms. The molecule has 32 heavy (non-hydrogen) atoms. The van der Waals surface area contributed by atoms with Crippen molar-refractivity contribution in [3.8, 4) is 11.3 Å². The third-order valence-corrected chi connectivity index (χ3v) is 6.16. The van der Waals surface area contributed by atoms with Gasteiger partial charge < -0.3 is 19.5 Å². The highest BCUT2D eigenvalue weighted by Crippen LogP contribution is 2.33. The Morgan fingerprint density at radius 1 is 0.906 bits per heavy atom. The molecule has 0 atom stereocenters. The highest BCUT2D eigenvalue weighted by atomic mass is 35.5. The Labute approximate surface area is 200 Å². The third-order valence-electron chi connectivity index (χ3n) is 5.29. The maximum absolute atomic E-state index is 12.7. The number of furan rings is 1. The lowest BCUT2D eigenvalue weighted by atomic mass is 10.2. The lowest BCUT2D eigenvalue weighted by Crippen LogP contribution is -2.48. The zero-order chi connectivity index (χ0) is 22.8. The minimum atomic E-state index is -0.409. The van der Waals surface area contributed by atoms with Gasteiger partial charge in [-0.25, -0.2) is 0 Å². The second kappa shape index (κ2) is 9.45. The minimum absolute atomic E-state index is 0.0764. The van der Waals surface area contributed by atoms with Gasteiger partial charge in [0.25, 0.3) is 5.91 Å². The van der Waals surface area contributed by atoms with E-state index in [0.717, 1.165) is 5.69 Å². The van der Waals surface area contributed by atoms with Crippen molar-refractivity contribution in [2.24, 2.45) is 0 Å². The van der Waals surface area contributed by atoms with Crippen LogP contribution in [0, 0.1) is 0 Å². The summed E-state index contributed by atoms with van der Waals surface area (Å²) in [7, 11) is 0. The van der Waals surface area contributed by atoms with E-state index in [0.29, 0.717) is 58.3 Å². The van der Waals surface area contributed by atoms with E-state index in [1.807, 2.05) is 11.0 Å². The molecule has 0 radical (unpaired) electrons. The van der Waals surface area contributed by atoms with Crippen molar-refractivity contribution in [1.29, 1.82) is 0 Å². The van der Waals surface area contributed by atoms with Crippen LogP contribution in [0.25, 0.3) is 11.3 Å². The van der Waals surface area contributed by atoms with Crippen LogP contribution >= 0.6 is 34.8 Å². The smallest absolute Gasteiger partial charge is 0.291 e. The van der Waals surface area contributed by atoms with Crippen molar-refractivity contribution in [1.82, 2.24) is 4.90 Å². The largest absolute Gasteiger partial charge is 0.451 e. The summed E-state index contributed by atoms with van der Waals surface area (Å²) >= 11 is 18.7. The molecule has 4 rings (SSSR count). The van der Waals surface area contributed by atoms with Gasteiger partial charge in [-0.05, 0) is 48.5 Å². The van der Waals surface area contributed by atoms with Crippen LogP contribution in [-0.2, 0) is 4.79 Å². The highest BCUT2D eigenvalue weighted by Gasteiger charge is 2.21. The van der Waals surface area contributed by atoms with E-state index in [2.05, 4.69) is 10.2 Å². The minimum Gasteiger partial charge on any atom is -0.451 e. The molecule has 0 spiro atoms. The first-order chi connectivity index (χ1) is 15.3. The summed E-state index contributed by atoms with van der Waals surface area (Å²) in [4.78, 5) is 28.1. The van der Waals surface area contributed by atoms with Gasteiger partial charge in [0.1, 0.15) is 5.76 Å². The van der Waals surface area contributed by atoms with Gasteiger partial charge in [-0.1, -0.05) is 34.8 Å². The Hall–Kier alpha value is -2.67. The van der Waals surface area contributed by atoms with E-state index in [4.69, 9.17) is 39.2 Å². The molecule has 166 valence electrons. The van der Waals surface area contributed by atoms with Crippen LogP contribution in [0.2, 0.25) is 15.1 Å². The Balaban J connectivity index is 1.44. The zero-order valence-corrected chi connectivity index (χ0v) is 19.5. The first-order valence-corrected chi connectivity index (χ1v) is 11.1. The number of amides is 2. The molecular formula is C23H20Cl3N3O3. The number of hydrogen-bond donors (Lipinski definition) is 1. The maximum atomic E-state index is 12.7. The Kier molecular flexibility index (Phi) is 6.65. The van der Waals surface area contributed by atoms with Gasteiger partial charge in [0.2, 0.25) is 5.91 Å². The molecule has 0 unspecified atom stereocenters. The van der Waals surface area contributed by atoms with Crippen molar-refractivity contribution in [3.05, 3.63) is 69.4 Å². The van der Waals surface area contributed by atoms with E-state index in [1.54, 1.807) is 49.4 Å². The molecule has 1 aliphatic heterocycles. The topological polar surface area (TPSA) is 65.8 Å². The van der Waals surface area contributed by atoms with Crippen LogP contribution in [-0.4, -0.2) is 42.9 Å². The molecule has 0 aliphatic carbocycles. The molecule has 1 aliphatic rings. The number of piperazine rings is 1. The van der Waals surface area contributed by atoms with E-state index >= 15 is 0 Å². The van der Waals surface area contributed by atoms with Crippen molar-refractivity contribution < 1.29 is 14.0 Å². The molecule has 1 saturated heterocycles. The Morgan fingerprint density at radius 2 is 1.66 bits per heavy atom. The summed E-state index contributed by atoms with van der Waals surface area (Å²) in [6.45, 7) is 4.29. The summed E-state index contributed by atoms with van der Waals surface area (Å²) in [5.41, 5.74) is 2.02. The maximum Gasteiger partial charge on any atom is 0.291 e. The van der Waals surface area contributed by atoms with Crippen molar-refractivity contribution in [2.75, 3.05) is 36.4 Å². The predicted octanol–water partition coefficient (Wildman–Crippen LogP) is 5.83. The molecule has 3 aromatic rings. The third kappa shape index (κ3) is 4.88. The van der Waals surface area contributed by atoms with Gasteiger partial charge in [0, 0.05) is 49.4 Å². The monoisotopic (exact) mass is 491 g/mol. The van der Waals surface area contributed by atoms with Gasteiger partial charge in [-0.2, -0.15) is 0 Å². The highest BCUT2D eigenvalue weighted by molar-refractivity contribution is 6.35. The molecule has 2 amide bonds. The Bertz CT molecular complexity index is 1170. The number of nitrogens with one attached hydrogen (secondary N) is 1. The quantitative estimate of drug-likeness (QED) is 0.498. The molecular weight excluding hydrogens is 473 g/mol. The van der Waals surface area contributed by atoms with E-state index in [-0.39, 0.29) is 11.7 Å². The number of carbonyl (C=O) groups excluding carboxylic acids is 2. The number of hydrogen-bond acceptors (Lipinski definition) is 4. The summed E-state index contributed by atoms with van der Waals surface area (Å²) in [5.74, 6) is 0.248. The number of carbonyl (C=O) groups is 2. The van der Waals surface area contributed by atoms with Crippen LogP contribution in [0.5, 0.6) is 0 Å². The molecule has 9 heteroatoms. The lowest BCUT2D eigenvalue weighted by molar-refractivity contribution is -0.129. The average molecular weight is 493 g/mol. The molecule has 1 aromatic heterocycles. The van der Waals surface area contributed by atoms with Crippen LogP contribution < -0.4 is 10.2 Å². The molecule has 2 heterocycles. The average Bonchev–Trinajstić information content (AvgIpc) is 3.26. The van der Waals surface area contributed by atoms with Gasteiger partial charge in [-0.3, -0.25) is 9.59 Å². The van der Waals surface area contributed by atoms with E-state index in [1.165, 1.54) is 0 Å². The number of anilines is 2. The number of halogens is 3. The molecule has 1 fully saturated rings. The first kappa shape index (κ1) is 22.5. The van der Waals surface area contributed by atoms with Crippen LogP contribution in [0.3, 0.4) is 0 Å². The molecule has 0 saturated carbocycles. The molecule has 2 aromatic carbocycles. The van der Waals surface area contributed by atoms with Crippen LogP contribution in [0.15, 0.2) is 52.9 Å². The van der Waals surface area contributed by atoms with Gasteiger partial charge in [0.15, 0.2) is 5.76 Å². The molecule has 1 N–H and O–H groups in total. The van der Waals surface area contributed by atoms with Crippen LogP contribution in [0.1, 0.15) is 17.5 Å².